The summed E-state index contributed by atoms with van der Waals surface area (Å²) in [5.41, 5.74) is 0.749. The van der Waals surface area contributed by atoms with Gasteiger partial charge in [-0.25, -0.2) is 8.78 Å². The van der Waals surface area contributed by atoms with Crippen LogP contribution in [-0.4, -0.2) is 39.2 Å². The maximum Gasteiger partial charge on any atom is 0.190 e. The van der Waals surface area contributed by atoms with E-state index in [0.717, 1.165) is 50.7 Å². The Morgan fingerprint density at radius 2 is 2.04 bits per heavy atom. The summed E-state index contributed by atoms with van der Waals surface area (Å²) in [5, 5.41) is 6.68. The lowest BCUT2D eigenvalue weighted by Crippen LogP contribution is -2.40. The molecule has 0 aromatic heterocycles. The summed E-state index contributed by atoms with van der Waals surface area (Å²) in [6.07, 6.45) is 4.59. The van der Waals surface area contributed by atoms with Crippen molar-refractivity contribution in [1.82, 2.24) is 10.6 Å². The lowest BCUT2D eigenvalue weighted by atomic mass is 10.1. The van der Waals surface area contributed by atoms with Crippen molar-refractivity contribution in [3.05, 3.63) is 29.8 Å². The molecule has 0 amide bonds. The first-order valence-corrected chi connectivity index (χ1v) is 8.78. The quantitative estimate of drug-likeness (QED) is 0.278. The van der Waals surface area contributed by atoms with Gasteiger partial charge >= 0.3 is 0 Å². The topological polar surface area (TPSA) is 39.7 Å². The second-order valence-corrected chi connectivity index (χ2v) is 6.29. The Balaban J connectivity index is 0.00000312. The smallest absolute Gasteiger partial charge is 0.190 e. The number of rotatable bonds is 7. The first-order chi connectivity index (χ1) is 11.6. The monoisotopic (exact) mass is 466 g/mol. The molecule has 2 rings (SSSR count). The number of guanidine groups is 1. The van der Waals surface area contributed by atoms with Crippen LogP contribution in [0.1, 0.15) is 32.6 Å². The Bertz CT molecular complexity index is 554. The van der Waals surface area contributed by atoms with Gasteiger partial charge in [-0.1, -0.05) is 19.8 Å². The van der Waals surface area contributed by atoms with Crippen molar-refractivity contribution in [2.75, 3.05) is 38.1 Å². The summed E-state index contributed by atoms with van der Waals surface area (Å²) >= 11 is 0. The normalized spacial score (nSPS) is 17.4. The highest BCUT2D eigenvalue weighted by Gasteiger charge is 2.23. The van der Waals surface area contributed by atoms with Gasteiger partial charge in [0, 0.05) is 45.0 Å². The fourth-order valence-corrected chi connectivity index (χ4v) is 2.96. The van der Waals surface area contributed by atoms with Crippen LogP contribution in [0.15, 0.2) is 23.2 Å². The van der Waals surface area contributed by atoms with Crippen molar-refractivity contribution >= 4 is 35.6 Å². The second kappa shape index (κ2) is 11.5. The van der Waals surface area contributed by atoms with Crippen LogP contribution in [0, 0.1) is 17.6 Å². The molecule has 1 fully saturated rings. The zero-order chi connectivity index (χ0) is 17.4. The molecule has 4 nitrogen and oxygen atoms in total. The van der Waals surface area contributed by atoms with Gasteiger partial charge in [-0.3, -0.25) is 4.99 Å². The number of anilines is 1. The Hall–Kier alpha value is -1.12. The minimum Gasteiger partial charge on any atom is -0.371 e. The Kier molecular flexibility index (Phi) is 10.1. The molecule has 7 heteroatoms. The highest BCUT2D eigenvalue weighted by Crippen LogP contribution is 2.24. The molecule has 1 atom stereocenters. The van der Waals surface area contributed by atoms with Crippen LogP contribution in [0.5, 0.6) is 0 Å². The Labute approximate surface area is 166 Å². The van der Waals surface area contributed by atoms with Crippen LogP contribution < -0.4 is 15.5 Å². The maximum atomic E-state index is 13.4. The maximum absolute atomic E-state index is 13.4. The first kappa shape index (κ1) is 21.9. The van der Waals surface area contributed by atoms with Crippen molar-refractivity contribution in [2.45, 2.75) is 32.6 Å². The summed E-state index contributed by atoms with van der Waals surface area (Å²) in [5.74, 6) is -0.287. The molecule has 25 heavy (non-hydrogen) atoms. The van der Waals surface area contributed by atoms with Crippen molar-refractivity contribution < 1.29 is 8.78 Å². The van der Waals surface area contributed by atoms with E-state index in [4.69, 9.17) is 0 Å². The fraction of sp³-hybridized carbons (Fsp3) is 0.611. The average Bonchev–Trinajstić information content (AvgIpc) is 3.06. The molecule has 0 spiro atoms. The molecule has 1 unspecified atom stereocenters. The van der Waals surface area contributed by atoms with E-state index < -0.39 is 11.6 Å². The van der Waals surface area contributed by atoms with E-state index in [1.807, 2.05) is 0 Å². The number of unbranched alkanes of at least 4 members (excludes halogenated alkanes) is 2. The van der Waals surface area contributed by atoms with Crippen molar-refractivity contribution in [3.8, 4) is 0 Å². The first-order valence-electron chi connectivity index (χ1n) is 8.78. The van der Waals surface area contributed by atoms with E-state index in [-0.39, 0.29) is 24.0 Å². The summed E-state index contributed by atoms with van der Waals surface area (Å²) in [4.78, 5) is 6.34. The molecule has 0 aliphatic carbocycles. The highest BCUT2D eigenvalue weighted by atomic mass is 127. The van der Waals surface area contributed by atoms with Crippen molar-refractivity contribution in [2.24, 2.45) is 10.9 Å². The lowest BCUT2D eigenvalue weighted by Gasteiger charge is -2.19. The SMILES string of the molecule is CCCCCNC(=NC)NCC1CCN(c2ccc(F)c(F)c2)C1.I. The molecule has 142 valence electrons. The molecular weight excluding hydrogens is 437 g/mol. The molecule has 1 saturated heterocycles. The van der Waals surface area contributed by atoms with Gasteiger partial charge in [-0.05, 0) is 30.9 Å². The van der Waals surface area contributed by atoms with Crippen LogP contribution in [0.2, 0.25) is 0 Å². The third kappa shape index (κ3) is 6.95. The molecule has 1 heterocycles. The van der Waals surface area contributed by atoms with E-state index in [1.54, 1.807) is 13.1 Å². The summed E-state index contributed by atoms with van der Waals surface area (Å²) in [6.45, 7) is 5.64. The van der Waals surface area contributed by atoms with Gasteiger partial charge in [-0.2, -0.15) is 0 Å². The van der Waals surface area contributed by atoms with E-state index in [2.05, 4.69) is 27.4 Å². The van der Waals surface area contributed by atoms with Gasteiger partial charge in [0.2, 0.25) is 0 Å². The third-order valence-electron chi connectivity index (χ3n) is 4.41. The largest absolute Gasteiger partial charge is 0.371 e. The van der Waals surface area contributed by atoms with E-state index in [9.17, 15) is 8.78 Å². The number of aliphatic imine (C=N–C) groups is 1. The highest BCUT2D eigenvalue weighted by molar-refractivity contribution is 14.0. The Morgan fingerprint density at radius 3 is 2.72 bits per heavy atom. The molecule has 2 N–H and O–H groups in total. The fourth-order valence-electron chi connectivity index (χ4n) is 2.96. The number of nitrogens with one attached hydrogen (secondary N) is 2. The van der Waals surface area contributed by atoms with E-state index in [0.29, 0.717) is 5.92 Å². The van der Waals surface area contributed by atoms with Crippen LogP contribution in [0.25, 0.3) is 0 Å². The van der Waals surface area contributed by atoms with Crippen LogP contribution >= 0.6 is 24.0 Å². The number of halogens is 3. The predicted octanol–water partition coefficient (Wildman–Crippen LogP) is 3.76. The minimum absolute atomic E-state index is 0. The zero-order valence-corrected chi connectivity index (χ0v) is 17.4. The standard InChI is InChI=1S/C18H28F2N4.HI/c1-3-4-5-9-22-18(21-2)23-12-14-8-10-24(13-14)15-6-7-16(19)17(20)11-15;/h6-7,11,14H,3-5,8-10,12-13H2,1-2H3,(H2,21,22,23);1H. The van der Waals surface area contributed by atoms with Crippen LogP contribution in [0.4, 0.5) is 14.5 Å². The summed E-state index contributed by atoms with van der Waals surface area (Å²) < 4.78 is 26.4. The lowest BCUT2D eigenvalue weighted by molar-refractivity contribution is 0.508. The molecule has 1 aromatic rings. The van der Waals surface area contributed by atoms with Gasteiger partial charge in [0.25, 0.3) is 0 Å². The molecule has 0 saturated carbocycles. The molecule has 1 aliphatic heterocycles. The molecule has 0 radical (unpaired) electrons. The van der Waals surface area contributed by atoms with E-state index >= 15 is 0 Å². The summed E-state index contributed by atoms with van der Waals surface area (Å²) in [6, 6.07) is 4.11. The number of nitrogens with zero attached hydrogens (tertiary/aromatic N) is 2. The van der Waals surface area contributed by atoms with Gasteiger partial charge in [0.15, 0.2) is 17.6 Å². The molecule has 1 aliphatic rings. The molecule has 0 bridgehead atoms. The Morgan fingerprint density at radius 1 is 1.24 bits per heavy atom. The average molecular weight is 466 g/mol. The van der Waals surface area contributed by atoms with Crippen LogP contribution in [-0.2, 0) is 0 Å². The van der Waals surface area contributed by atoms with Gasteiger partial charge in [-0.15, -0.1) is 24.0 Å². The predicted molar refractivity (Wildman–Crippen MR) is 111 cm³/mol. The van der Waals surface area contributed by atoms with Gasteiger partial charge < -0.3 is 15.5 Å². The van der Waals surface area contributed by atoms with Crippen LogP contribution in [0.3, 0.4) is 0 Å². The molecular formula is C18H29F2IN4. The third-order valence-corrected chi connectivity index (χ3v) is 4.41. The van der Waals surface area contributed by atoms with E-state index in [1.165, 1.54) is 25.0 Å². The van der Waals surface area contributed by atoms with Gasteiger partial charge in [0.1, 0.15) is 0 Å². The van der Waals surface area contributed by atoms with Gasteiger partial charge in [0.05, 0.1) is 0 Å². The minimum atomic E-state index is -0.797. The summed E-state index contributed by atoms with van der Waals surface area (Å²) in [7, 11) is 1.78. The number of hydrogen-bond donors (Lipinski definition) is 2. The number of benzene rings is 1. The zero-order valence-electron chi connectivity index (χ0n) is 15.0. The van der Waals surface area contributed by atoms with Crippen molar-refractivity contribution in [3.63, 3.8) is 0 Å². The molecule has 1 aromatic carbocycles. The van der Waals surface area contributed by atoms with Crippen molar-refractivity contribution in [1.29, 1.82) is 0 Å². The number of hydrogen-bond acceptors (Lipinski definition) is 2. The second-order valence-electron chi connectivity index (χ2n) is 6.29.